The predicted molar refractivity (Wildman–Crippen MR) is 154 cm³/mol. The van der Waals surface area contributed by atoms with E-state index in [-0.39, 0.29) is 17.8 Å². The summed E-state index contributed by atoms with van der Waals surface area (Å²) in [5.74, 6) is 1.99. The van der Waals surface area contributed by atoms with E-state index >= 15 is 0 Å². The van der Waals surface area contributed by atoms with Crippen molar-refractivity contribution >= 4 is 12.4 Å². The van der Waals surface area contributed by atoms with E-state index in [0.717, 1.165) is 55.9 Å². The quantitative estimate of drug-likeness (QED) is 0.234. The maximum absolute atomic E-state index is 11.1. The summed E-state index contributed by atoms with van der Waals surface area (Å²) >= 11 is 0. The summed E-state index contributed by atoms with van der Waals surface area (Å²) in [6.07, 6.45) is 21.2. The number of benzene rings is 1. The van der Waals surface area contributed by atoms with Gasteiger partial charge in [0.05, 0.1) is 6.10 Å². The normalized spacial score (nSPS) is 28.1. The molecule has 3 aliphatic carbocycles. The number of aromatic hydroxyl groups is 1. The predicted octanol–water partition coefficient (Wildman–Crippen LogP) is 7.21. The van der Waals surface area contributed by atoms with E-state index in [9.17, 15) is 10.2 Å². The van der Waals surface area contributed by atoms with Gasteiger partial charge < -0.3 is 15.3 Å². The number of rotatable bonds is 13. The minimum absolute atomic E-state index is 0. The average Bonchev–Trinajstić information content (AvgIpc) is 2.86. The molecule has 1 saturated heterocycles. The first-order valence-electron chi connectivity index (χ1n) is 15.5. The van der Waals surface area contributed by atoms with Crippen LogP contribution in [-0.4, -0.2) is 46.0 Å². The van der Waals surface area contributed by atoms with Gasteiger partial charge in [0.25, 0.3) is 0 Å². The number of likely N-dealkylation sites (tertiary alicyclic amines) is 1. The molecule has 4 atom stereocenters. The summed E-state index contributed by atoms with van der Waals surface area (Å²) in [7, 11) is 0. The molecule has 3 fully saturated rings. The van der Waals surface area contributed by atoms with Crippen LogP contribution in [0.3, 0.4) is 0 Å². The number of hydrogen-bond acceptors (Lipinski definition) is 4. The van der Waals surface area contributed by atoms with E-state index in [2.05, 4.69) is 17.0 Å². The van der Waals surface area contributed by atoms with Gasteiger partial charge in [0, 0.05) is 30.2 Å². The topological polar surface area (TPSA) is 63.9 Å². The summed E-state index contributed by atoms with van der Waals surface area (Å²) in [5.41, 5.74) is 3.88. The SMILES string of the molecule is Cl.OCCCCCCCCCCC(O)c1cc2c(cc1O)[C@@]13CCCC[C@H]1[C@@H](C2)N(CC1CCC1)CC3. The highest BCUT2D eigenvalue weighted by atomic mass is 35.5. The van der Waals surface area contributed by atoms with Crippen LogP contribution in [0, 0.1) is 11.8 Å². The Hall–Kier alpha value is -0.810. The molecule has 1 heterocycles. The van der Waals surface area contributed by atoms with E-state index in [1.807, 2.05) is 0 Å². The number of piperidine rings is 1. The first kappa shape index (κ1) is 29.2. The van der Waals surface area contributed by atoms with Gasteiger partial charge in [-0.15, -0.1) is 12.4 Å². The summed E-state index contributed by atoms with van der Waals surface area (Å²) < 4.78 is 0. The molecule has 210 valence electrons. The van der Waals surface area contributed by atoms with Gasteiger partial charge >= 0.3 is 0 Å². The Kier molecular flexibility index (Phi) is 10.7. The Labute approximate surface area is 231 Å². The fourth-order valence-electron chi connectivity index (χ4n) is 8.32. The van der Waals surface area contributed by atoms with Crippen molar-refractivity contribution < 1.29 is 15.3 Å². The van der Waals surface area contributed by atoms with Crippen LogP contribution in [0.25, 0.3) is 0 Å². The van der Waals surface area contributed by atoms with Crippen LogP contribution < -0.4 is 0 Å². The van der Waals surface area contributed by atoms with Gasteiger partial charge in [-0.05, 0) is 93.0 Å². The molecule has 0 radical (unpaired) electrons. The Morgan fingerprint density at radius 3 is 2.32 bits per heavy atom. The third-order valence-corrected chi connectivity index (χ3v) is 10.6. The van der Waals surface area contributed by atoms with Crippen LogP contribution in [0.1, 0.15) is 132 Å². The molecule has 3 N–H and O–H groups in total. The van der Waals surface area contributed by atoms with E-state index in [1.54, 1.807) is 0 Å². The van der Waals surface area contributed by atoms with Gasteiger partial charge in [0.15, 0.2) is 0 Å². The number of phenolic OH excluding ortho intramolecular Hbond substituents is 1. The summed E-state index contributed by atoms with van der Waals surface area (Å²) in [4.78, 5) is 2.85. The second-order valence-electron chi connectivity index (χ2n) is 12.7. The number of fused-ring (bicyclic) bond motifs is 1. The zero-order valence-electron chi connectivity index (χ0n) is 23.0. The van der Waals surface area contributed by atoms with Crippen molar-refractivity contribution in [1.82, 2.24) is 4.90 Å². The Morgan fingerprint density at radius 1 is 0.892 bits per heavy atom. The Morgan fingerprint density at radius 2 is 1.62 bits per heavy atom. The number of phenols is 1. The zero-order chi connectivity index (χ0) is 25.0. The molecule has 0 amide bonds. The Balaban J connectivity index is 0.00000320. The zero-order valence-corrected chi connectivity index (χ0v) is 23.8. The standard InChI is InChI=1S/C32H51NO3.ClH/c34-19-10-6-4-2-1-3-5-7-15-30(35)26-20-25-21-29-27-14-8-9-16-32(27,28(25)22-31(26)36)17-18-33(29)23-24-12-11-13-24;/h20,22,24,27,29-30,34-36H,1-19,21,23H2;1H/t27-,29+,30?,32+;/m0./s1. The number of unbranched alkanes of at least 4 members (excludes halogenated alkanes) is 7. The molecular weight excluding hydrogens is 482 g/mol. The van der Waals surface area contributed by atoms with Gasteiger partial charge in [-0.25, -0.2) is 0 Å². The summed E-state index contributed by atoms with van der Waals surface area (Å²) in [5, 5.41) is 31.0. The van der Waals surface area contributed by atoms with E-state index in [1.165, 1.54) is 101 Å². The van der Waals surface area contributed by atoms with E-state index in [0.29, 0.717) is 18.4 Å². The molecule has 4 aliphatic rings. The molecule has 4 nitrogen and oxygen atoms in total. The largest absolute Gasteiger partial charge is 0.508 e. The first-order chi connectivity index (χ1) is 17.6. The number of aliphatic hydroxyl groups is 2. The fraction of sp³-hybridized carbons (Fsp3) is 0.812. The molecule has 5 heteroatoms. The molecule has 0 spiro atoms. The highest BCUT2D eigenvalue weighted by molar-refractivity contribution is 5.85. The van der Waals surface area contributed by atoms with Crippen molar-refractivity contribution in [2.75, 3.05) is 19.7 Å². The molecule has 2 bridgehead atoms. The molecule has 37 heavy (non-hydrogen) atoms. The van der Waals surface area contributed by atoms with Crippen LogP contribution in [0.4, 0.5) is 0 Å². The third kappa shape index (κ3) is 6.34. The van der Waals surface area contributed by atoms with Crippen molar-refractivity contribution in [2.45, 2.75) is 133 Å². The van der Waals surface area contributed by atoms with E-state index < -0.39 is 6.10 Å². The van der Waals surface area contributed by atoms with Crippen LogP contribution in [0.2, 0.25) is 0 Å². The second-order valence-corrected chi connectivity index (χ2v) is 12.7. The molecular formula is C32H52ClNO3. The molecule has 0 aromatic heterocycles. The van der Waals surface area contributed by atoms with Crippen molar-refractivity contribution in [3.05, 3.63) is 28.8 Å². The Bertz CT molecular complexity index is 859. The van der Waals surface area contributed by atoms with Gasteiger partial charge in [-0.2, -0.15) is 0 Å². The van der Waals surface area contributed by atoms with Crippen LogP contribution in [-0.2, 0) is 11.8 Å². The monoisotopic (exact) mass is 533 g/mol. The van der Waals surface area contributed by atoms with Crippen molar-refractivity contribution in [3.8, 4) is 5.75 Å². The lowest BCUT2D eigenvalue weighted by Gasteiger charge is -2.59. The lowest BCUT2D eigenvalue weighted by molar-refractivity contribution is -0.0241. The lowest BCUT2D eigenvalue weighted by Crippen LogP contribution is -2.61. The van der Waals surface area contributed by atoms with Crippen LogP contribution in [0.15, 0.2) is 12.1 Å². The first-order valence-corrected chi connectivity index (χ1v) is 15.5. The summed E-state index contributed by atoms with van der Waals surface area (Å²) in [6.45, 7) is 2.83. The lowest BCUT2D eigenvalue weighted by atomic mass is 9.52. The van der Waals surface area contributed by atoms with Gasteiger partial charge in [0.1, 0.15) is 5.75 Å². The fourth-order valence-corrected chi connectivity index (χ4v) is 8.32. The van der Waals surface area contributed by atoms with Gasteiger partial charge in [0.2, 0.25) is 0 Å². The van der Waals surface area contributed by atoms with Crippen molar-refractivity contribution in [1.29, 1.82) is 0 Å². The van der Waals surface area contributed by atoms with Gasteiger partial charge in [-0.3, -0.25) is 4.90 Å². The minimum Gasteiger partial charge on any atom is -0.508 e. The maximum atomic E-state index is 11.1. The van der Waals surface area contributed by atoms with Crippen molar-refractivity contribution in [3.63, 3.8) is 0 Å². The number of nitrogens with zero attached hydrogens (tertiary/aromatic N) is 1. The highest BCUT2D eigenvalue weighted by Crippen LogP contribution is 2.57. The van der Waals surface area contributed by atoms with Crippen molar-refractivity contribution in [2.24, 2.45) is 11.8 Å². The van der Waals surface area contributed by atoms with E-state index in [4.69, 9.17) is 5.11 Å². The number of aliphatic hydroxyl groups excluding tert-OH is 2. The molecule has 1 aromatic rings. The smallest absolute Gasteiger partial charge is 0.121 e. The molecule has 5 rings (SSSR count). The van der Waals surface area contributed by atoms with Crippen LogP contribution in [0.5, 0.6) is 5.75 Å². The average molecular weight is 534 g/mol. The summed E-state index contributed by atoms with van der Waals surface area (Å²) in [6, 6.07) is 4.96. The minimum atomic E-state index is -0.563. The maximum Gasteiger partial charge on any atom is 0.121 e. The third-order valence-electron chi connectivity index (χ3n) is 10.6. The molecule has 1 unspecified atom stereocenters. The van der Waals surface area contributed by atoms with Gasteiger partial charge in [-0.1, -0.05) is 64.2 Å². The molecule has 1 aromatic carbocycles. The van der Waals surface area contributed by atoms with Crippen LogP contribution >= 0.6 is 12.4 Å². The highest BCUT2D eigenvalue weighted by Gasteiger charge is 2.54. The molecule has 2 saturated carbocycles. The number of hydrogen-bond donors (Lipinski definition) is 3. The molecule has 1 aliphatic heterocycles. The second kappa shape index (κ2) is 13.5. The number of halogens is 1.